The molecule has 4 rings (SSSR count). The quantitative estimate of drug-likeness (QED) is 0.498. The minimum Gasteiger partial charge on any atom is -0.496 e. The number of ether oxygens (including phenoxy) is 1. The molecule has 0 saturated heterocycles. The van der Waals surface area contributed by atoms with E-state index in [4.69, 9.17) is 16.3 Å². The molecule has 0 saturated carbocycles. The largest absolute Gasteiger partial charge is 0.496 e. The fourth-order valence-electron chi connectivity index (χ4n) is 3.85. The first-order valence-electron chi connectivity index (χ1n) is 10.7. The van der Waals surface area contributed by atoms with Gasteiger partial charge >= 0.3 is 0 Å². The van der Waals surface area contributed by atoms with Crippen LogP contribution >= 0.6 is 23.4 Å². The molecule has 1 aliphatic rings. The molecule has 0 radical (unpaired) electrons. The molecule has 2 atom stereocenters. The van der Waals surface area contributed by atoms with Crippen LogP contribution in [0.4, 0.5) is 5.69 Å². The lowest BCUT2D eigenvalue weighted by atomic mass is 10.0. The molecule has 170 valence electrons. The number of hydrogen-bond donors (Lipinski definition) is 1. The van der Waals surface area contributed by atoms with Crippen LogP contribution in [0.3, 0.4) is 0 Å². The predicted octanol–water partition coefficient (Wildman–Crippen LogP) is 5.31. The fourth-order valence-corrected chi connectivity index (χ4v) is 5.33. The summed E-state index contributed by atoms with van der Waals surface area (Å²) in [7, 11) is 1.60. The van der Waals surface area contributed by atoms with Gasteiger partial charge in [-0.1, -0.05) is 67.1 Å². The van der Waals surface area contributed by atoms with Gasteiger partial charge in [0.25, 0.3) is 0 Å². The van der Waals surface area contributed by atoms with Gasteiger partial charge in [-0.3, -0.25) is 9.59 Å². The van der Waals surface area contributed by atoms with Gasteiger partial charge in [-0.15, -0.1) is 11.8 Å². The van der Waals surface area contributed by atoms with E-state index < -0.39 is 11.2 Å². The van der Waals surface area contributed by atoms with Gasteiger partial charge in [0.2, 0.25) is 11.8 Å². The van der Waals surface area contributed by atoms with Crippen LogP contribution in [0.15, 0.2) is 77.7 Å². The molecule has 0 bridgehead atoms. The number of nitrogens with zero attached hydrogens (tertiary/aromatic N) is 1. The number of fused-ring (bicyclic) bond motifs is 1. The SMILES string of the molecule is COc1ccccc1CNC(=O)[C@H](C)[C@H]1Sc2ccccc2N(Cc2ccccc2Cl)C1=O. The highest BCUT2D eigenvalue weighted by molar-refractivity contribution is 8.01. The van der Waals surface area contributed by atoms with E-state index >= 15 is 0 Å². The third kappa shape index (κ3) is 5.02. The number of halogens is 1. The molecule has 7 heteroatoms. The van der Waals surface area contributed by atoms with Crippen LogP contribution in [-0.4, -0.2) is 24.2 Å². The summed E-state index contributed by atoms with van der Waals surface area (Å²) in [6.45, 7) is 2.48. The van der Waals surface area contributed by atoms with Crippen molar-refractivity contribution in [3.8, 4) is 5.75 Å². The van der Waals surface area contributed by atoms with Crippen molar-refractivity contribution in [1.82, 2.24) is 5.32 Å². The zero-order valence-electron chi connectivity index (χ0n) is 18.5. The number of anilines is 1. The van der Waals surface area contributed by atoms with E-state index in [0.717, 1.165) is 21.7 Å². The van der Waals surface area contributed by atoms with Crippen molar-refractivity contribution in [2.24, 2.45) is 5.92 Å². The topological polar surface area (TPSA) is 58.6 Å². The summed E-state index contributed by atoms with van der Waals surface area (Å²) in [6.07, 6.45) is 0. The number of methoxy groups -OCH3 is 1. The van der Waals surface area contributed by atoms with E-state index in [9.17, 15) is 9.59 Å². The third-order valence-electron chi connectivity index (χ3n) is 5.72. The summed E-state index contributed by atoms with van der Waals surface area (Å²) in [6, 6.07) is 22.8. The van der Waals surface area contributed by atoms with Gasteiger partial charge in [0.05, 0.1) is 25.3 Å². The maximum absolute atomic E-state index is 13.6. The van der Waals surface area contributed by atoms with Crippen LogP contribution in [0.1, 0.15) is 18.1 Å². The van der Waals surface area contributed by atoms with Crippen LogP contribution in [0, 0.1) is 5.92 Å². The molecule has 5 nitrogen and oxygen atoms in total. The molecule has 0 spiro atoms. The van der Waals surface area contributed by atoms with Crippen LogP contribution in [-0.2, 0) is 22.7 Å². The second kappa shape index (κ2) is 10.3. The molecule has 0 unspecified atom stereocenters. The standard InChI is InChI=1S/C26H25ClN2O3S/c1-17(25(30)28-15-18-9-4-7-13-22(18)32-2)24-26(31)29(16-19-10-3-5-11-20(19)27)21-12-6-8-14-23(21)33-24/h3-14,17,24H,15-16H2,1-2H3,(H,28,30)/t17-,24-/m1/s1. The molecule has 3 aromatic carbocycles. The molecule has 1 heterocycles. The number of para-hydroxylation sites is 2. The average molecular weight is 481 g/mol. The summed E-state index contributed by atoms with van der Waals surface area (Å²) in [4.78, 5) is 29.3. The van der Waals surface area contributed by atoms with E-state index in [1.165, 1.54) is 11.8 Å². The average Bonchev–Trinajstić information content (AvgIpc) is 2.85. The first-order valence-corrected chi connectivity index (χ1v) is 12.0. The monoisotopic (exact) mass is 480 g/mol. The lowest BCUT2D eigenvalue weighted by Gasteiger charge is -2.36. The highest BCUT2D eigenvalue weighted by Crippen LogP contribution is 2.42. The Balaban J connectivity index is 1.54. The highest BCUT2D eigenvalue weighted by atomic mass is 35.5. The number of thioether (sulfide) groups is 1. The number of nitrogens with one attached hydrogen (secondary N) is 1. The van der Waals surface area contributed by atoms with Crippen molar-refractivity contribution in [2.45, 2.75) is 30.2 Å². The molecule has 0 aliphatic carbocycles. The van der Waals surface area contributed by atoms with Gasteiger partial charge in [0, 0.05) is 22.0 Å². The Labute approximate surface area is 203 Å². The first-order chi connectivity index (χ1) is 16.0. The van der Waals surface area contributed by atoms with Crippen molar-refractivity contribution in [2.75, 3.05) is 12.0 Å². The Bertz CT molecular complexity index is 1170. The Kier molecular flexibility index (Phi) is 7.26. The van der Waals surface area contributed by atoms with Crippen molar-refractivity contribution >= 4 is 40.9 Å². The molecular weight excluding hydrogens is 456 g/mol. The molecule has 3 aromatic rings. The van der Waals surface area contributed by atoms with Crippen molar-refractivity contribution in [3.05, 3.63) is 88.9 Å². The van der Waals surface area contributed by atoms with Crippen LogP contribution < -0.4 is 15.0 Å². The molecule has 1 aliphatic heterocycles. The van der Waals surface area contributed by atoms with Gasteiger partial charge in [-0.2, -0.15) is 0 Å². The van der Waals surface area contributed by atoms with Crippen LogP contribution in [0.2, 0.25) is 5.02 Å². The molecule has 0 fully saturated rings. The maximum atomic E-state index is 13.6. The third-order valence-corrected chi connectivity index (χ3v) is 7.55. The Morgan fingerprint density at radius 1 is 1.06 bits per heavy atom. The summed E-state index contributed by atoms with van der Waals surface area (Å²) in [5.74, 6) is -0.0879. The minimum absolute atomic E-state index is 0.0986. The predicted molar refractivity (Wildman–Crippen MR) is 133 cm³/mol. The van der Waals surface area contributed by atoms with E-state index in [0.29, 0.717) is 23.9 Å². The number of hydrogen-bond acceptors (Lipinski definition) is 4. The van der Waals surface area contributed by atoms with Gasteiger partial charge in [-0.25, -0.2) is 0 Å². The van der Waals surface area contributed by atoms with E-state index in [1.54, 1.807) is 18.9 Å². The normalized spacial score (nSPS) is 16.2. The summed E-state index contributed by atoms with van der Waals surface area (Å²) >= 11 is 7.81. The Hall–Kier alpha value is -2.96. The summed E-state index contributed by atoms with van der Waals surface area (Å²) in [5.41, 5.74) is 2.58. The molecule has 33 heavy (non-hydrogen) atoms. The van der Waals surface area contributed by atoms with Crippen molar-refractivity contribution < 1.29 is 14.3 Å². The Morgan fingerprint density at radius 2 is 1.73 bits per heavy atom. The van der Waals surface area contributed by atoms with E-state index in [2.05, 4.69) is 5.32 Å². The van der Waals surface area contributed by atoms with Gasteiger partial charge in [-0.05, 0) is 29.8 Å². The van der Waals surface area contributed by atoms with Crippen LogP contribution in [0.25, 0.3) is 0 Å². The number of carbonyl (C=O) groups is 2. The van der Waals surface area contributed by atoms with Gasteiger partial charge in [0.1, 0.15) is 11.0 Å². The van der Waals surface area contributed by atoms with Gasteiger partial charge < -0.3 is 15.0 Å². The van der Waals surface area contributed by atoms with Gasteiger partial charge in [0.15, 0.2) is 0 Å². The van der Waals surface area contributed by atoms with E-state index in [1.807, 2.05) is 72.8 Å². The van der Waals surface area contributed by atoms with Crippen LogP contribution in [0.5, 0.6) is 5.75 Å². The zero-order valence-corrected chi connectivity index (χ0v) is 20.0. The smallest absolute Gasteiger partial charge is 0.241 e. The lowest BCUT2D eigenvalue weighted by Crippen LogP contribution is -2.47. The fraction of sp³-hybridized carbons (Fsp3) is 0.231. The second-order valence-corrected chi connectivity index (χ2v) is 9.43. The lowest BCUT2D eigenvalue weighted by molar-refractivity contribution is -0.128. The zero-order chi connectivity index (χ0) is 23.4. The van der Waals surface area contributed by atoms with E-state index in [-0.39, 0.29) is 11.8 Å². The summed E-state index contributed by atoms with van der Waals surface area (Å²) in [5, 5.41) is 3.03. The molecular formula is C26H25ClN2O3S. The number of rotatable bonds is 7. The molecule has 2 amide bonds. The second-order valence-electron chi connectivity index (χ2n) is 7.84. The number of carbonyl (C=O) groups excluding carboxylic acids is 2. The molecule has 1 N–H and O–H groups in total. The van der Waals surface area contributed by atoms with Crippen molar-refractivity contribution in [1.29, 1.82) is 0 Å². The highest BCUT2D eigenvalue weighted by Gasteiger charge is 2.39. The molecule has 0 aromatic heterocycles. The minimum atomic E-state index is -0.542. The maximum Gasteiger partial charge on any atom is 0.241 e. The number of benzene rings is 3. The Morgan fingerprint density at radius 3 is 2.48 bits per heavy atom. The summed E-state index contributed by atoms with van der Waals surface area (Å²) < 4.78 is 5.36. The van der Waals surface area contributed by atoms with Crippen molar-refractivity contribution in [3.63, 3.8) is 0 Å². The number of amides is 2. The first kappa shape index (κ1) is 23.2.